The molecular formula is C28H31N7O4. The lowest BCUT2D eigenvalue weighted by molar-refractivity contribution is -0.130. The van der Waals surface area contributed by atoms with Crippen LogP contribution in [0.15, 0.2) is 54.7 Å². The Morgan fingerprint density at radius 3 is 2.56 bits per heavy atom. The molecule has 4 amide bonds. The number of benzene rings is 2. The molecule has 0 aliphatic carbocycles. The summed E-state index contributed by atoms with van der Waals surface area (Å²) in [4.78, 5) is 54.9. The Hall–Kier alpha value is -4.54. The Morgan fingerprint density at radius 2 is 1.85 bits per heavy atom. The zero-order valence-corrected chi connectivity index (χ0v) is 21.8. The third-order valence-electron chi connectivity index (χ3n) is 7.21. The van der Waals surface area contributed by atoms with Gasteiger partial charge in [0.25, 0.3) is 5.91 Å². The van der Waals surface area contributed by atoms with E-state index in [9.17, 15) is 19.2 Å². The number of nitrogens with zero attached hydrogens (tertiary/aromatic N) is 3. The quantitative estimate of drug-likeness (QED) is 0.345. The van der Waals surface area contributed by atoms with Crippen LogP contribution in [0.1, 0.15) is 47.4 Å². The zero-order chi connectivity index (χ0) is 27.5. The largest absolute Gasteiger partial charge is 0.348 e. The molecule has 11 heteroatoms. The number of carbonyl (C=O) groups excluding carboxylic acids is 4. The van der Waals surface area contributed by atoms with Gasteiger partial charge in [0.2, 0.25) is 17.7 Å². The minimum atomic E-state index is -0.850. The number of carbonyl (C=O) groups is 4. The summed E-state index contributed by atoms with van der Waals surface area (Å²) in [7, 11) is 0. The van der Waals surface area contributed by atoms with Crippen molar-refractivity contribution in [2.24, 2.45) is 5.92 Å². The third kappa shape index (κ3) is 5.38. The molecule has 2 aromatic carbocycles. The van der Waals surface area contributed by atoms with Crippen molar-refractivity contribution in [3.05, 3.63) is 77.1 Å². The number of rotatable bonds is 8. The van der Waals surface area contributed by atoms with Crippen LogP contribution in [0.5, 0.6) is 0 Å². The highest BCUT2D eigenvalue weighted by molar-refractivity contribution is 6.08. The van der Waals surface area contributed by atoms with Crippen LogP contribution in [0.25, 0.3) is 0 Å². The number of hydrogen-bond acceptors (Lipinski definition) is 6. The molecule has 39 heavy (non-hydrogen) atoms. The van der Waals surface area contributed by atoms with Crippen molar-refractivity contribution in [2.75, 3.05) is 4.90 Å². The van der Waals surface area contributed by atoms with Crippen molar-refractivity contribution in [3.8, 4) is 0 Å². The number of para-hydroxylation sites is 1. The first-order chi connectivity index (χ1) is 18.8. The van der Waals surface area contributed by atoms with E-state index >= 15 is 0 Å². The summed E-state index contributed by atoms with van der Waals surface area (Å²) in [6.45, 7) is 3.85. The van der Waals surface area contributed by atoms with Gasteiger partial charge in [-0.1, -0.05) is 50.2 Å². The molecule has 0 unspecified atom stereocenters. The van der Waals surface area contributed by atoms with Gasteiger partial charge in [0, 0.05) is 12.0 Å². The average molecular weight is 530 g/mol. The van der Waals surface area contributed by atoms with E-state index in [2.05, 4.69) is 31.4 Å². The number of amides is 4. The van der Waals surface area contributed by atoms with Crippen molar-refractivity contribution < 1.29 is 19.2 Å². The summed E-state index contributed by atoms with van der Waals surface area (Å²) < 4.78 is 0. The summed E-state index contributed by atoms with van der Waals surface area (Å²) in [6.07, 6.45) is 2.84. The van der Waals surface area contributed by atoms with E-state index in [1.54, 1.807) is 24.3 Å². The van der Waals surface area contributed by atoms with Gasteiger partial charge in [0.15, 0.2) is 0 Å². The van der Waals surface area contributed by atoms with E-state index in [0.717, 1.165) is 16.8 Å². The molecule has 3 atom stereocenters. The van der Waals surface area contributed by atoms with Crippen LogP contribution >= 0.6 is 0 Å². The van der Waals surface area contributed by atoms with Crippen LogP contribution in [0.4, 0.5) is 5.69 Å². The first kappa shape index (κ1) is 26.1. The molecule has 2 aliphatic rings. The summed E-state index contributed by atoms with van der Waals surface area (Å²) in [5.41, 5.74) is 3.65. The standard InChI is InChI=1S/C28H31N7O4/c1-16(2)23(32-25(36)18-7-4-3-5-8-18)27(38)31-21-12-11-17-9-6-10-19-13-22(35(24(17)19)28(21)39)26(37)29-14-20-15-30-34-33-20/h3-10,15-16,21-23H,11-14H2,1-2H3,(H,29,37)(H,31,38)(H,32,36)(H,30,33,34)/t21-,22-,23-/m0/s1. The molecule has 0 saturated heterocycles. The molecule has 0 bridgehead atoms. The third-order valence-corrected chi connectivity index (χ3v) is 7.21. The van der Waals surface area contributed by atoms with Crippen LogP contribution in [0.2, 0.25) is 0 Å². The number of aromatic nitrogens is 3. The predicted octanol–water partition coefficient (Wildman–Crippen LogP) is 1.26. The van der Waals surface area contributed by atoms with Gasteiger partial charge in [0.1, 0.15) is 23.8 Å². The van der Waals surface area contributed by atoms with E-state index in [4.69, 9.17) is 0 Å². The Kier molecular flexibility index (Phi) is 7.40. The number of H-pyrrole nitrogens is 1. The van der Waals surface area contributed by atoms with Crippen LogP contribution in [0, 0.1) is 5.92 Å². The summed E-state index contributed by atoms with van der Waals surface area (Å²) in [5.74, 6) is -1.67. The van der Waals surface area contributed by atoms with E-state index in [1.807, 2.05) is 38.1 Å². The summed E-state index contributed by atoms with van der Waals surface area (Å²) >= 11 is 0. The lowest BCUT2D eigenvalue weighted by atomic mass is 9.99. The van der Waals surface area contributed by atoms with E-state index in [-0.39, 0.29) is 30.2 Å². The van der Waals surface area contributed by atoms with Gasteiger partial charge in [-0.3, -0.25) is 24.1 Å². The molecule has 4 N–H and O–H groups in total. The van der Waals surface area contributed by atoms with Gasteiger partial charge in [-0.2, -0.15) is 15.4 Å². The number of nitrogens with one attached hydrogen (secondary N) is 4. The molecule has 3 heterocycles. The Morgan fingerprint density at radius 1 is 1.08 bits per heavy atom. The predicted molar refractivity (Wildman–Crippen MR) is 142 cm³/mol. The first-order valence-electron chi connectivity index (χ1n) is 13.1. The van der Waals surface area contributed by atoms with Gasteiger partial charge < -0.3 is 16.0 Å². The molecule has 202 valence electrons. The van der Waals surface area contributed by atoms with Gasteiger partial charge in [-0.25, -0.2) is 0 Å². The van der Waals surface area contributed by atoms with Gasteiger partial charge in [-0.15, -0.1) is 0 Å². The number of aryl methyl sites for hydroxylation is 1. The first-order valence-corrected chi connectivity index (χ1v) is 13.1. The molecule has 0 spiro atoms. The monoisotopic (exact) mass is 529 g/mol. The Labute approximate surface area is 225 Å². The number of hydrogen-bond donors (Lipinski definition) is 4. The molecule has 2 aliphatic heterocycles. The van der Waals surface area contributed by atoms with Crippen molar-refractivity contribution >= 4 is 29.3 Å². The Balaban J connectivity index is 1.34. The smallest absolute Gasteiger partial charge is 0.251 e. The second kappa shape index (κ2) is 11.1. The maximum Gasteiger partial charge on any atom is 0.251 e. The number of aromatic amines is 1. The van der Waals surface area contributed by atoms with Gasteiger partial charge in [-0.05, 0) is 42.0 Å². The fourth-order valence-electron chi connectivity index (χ4n) is 5.19. The fourth-order valence-corrected chi connectivity index (χ4v) is 5.19. The molecule has 0 saturated carbocycles. The summed E-state index contributed by atoms with van der Waals surface area (Å²) in [5, 5.41) is 18.7. The normalized spacial score (nSPS) is 18.7. The fraction of sp³-hybridized carbons (Fsp3) is 0.357. The van der Waals surface area contributed by atoms with Crippen LogP contribution < -0.4 is 20.9 Å². The van der Waals surface area contributed by atoms with Gasteiger partial charge in [0.05, 0.1) is 18.4 Å². The van der Waals surface area contributed by atoms with Gasteiger partial charge >= 0.3 is 0 Å². The Bertz CT molecular complexity index is 1370. The average Bonchev–Trinajstić information content (AvgIpc) is 3.57. The van der Waals surface area contributed by atoms with Crippen molar-refractivity contribution in [2.45, 2.75) is 57.8 Å². The lowest BCUT2D eigenvalue weighted by Gasteiger charge is -2.29. The topological polar surface area (TPSA) is 149 Å². The highest BCUT2D eigenvalue weighted by Crippen LogP contribution is 2.39. The summed E-state index contributed by atoms with van der Waals surface area (Å²) in [6, 6.07) is 12.0. The van der Waals surface area contributed by atoms with Crippen LogP contribution in [-0.4, -0.2) is 57.2 Å². The SMILES string of the molecule is CC(C)[C@H](NC(=O)c1ccccc1)C(=O)N[C@H]1CCc2cccc3c2N(C1=O)[C@H](C(=O)NCc1cn[nH]n1)C3. The molecule has 0 radical (unpaired) electrons. The van der Waals surface area contributed by atoms with Crippen LogP contribution in [-0.2, 0) is 33.8 Å². The highest BCUT2D eigenvalue weighted by atomic mass is 16.2. The second-order valence-electron chi connectivity index (χ2n) is 10.2. The lowest BCUT2D eigenvalue weighted by Crippen LogP contribution is -2.58. The molecule has 5 rings (SSSR count). The molecule has 3 aromatic rings. The second-order valence-corrected chi connectivity index (χ2v) is 10.2. The molecule has 1 aromatic heterocycles. The minimum Gasteiger partial charge on any atom is -0.348 e. The van der Waals surface area contributed by atoms with Crippen LogP contribution in [0.3, 0.4) is 0 Å². The van der Waals surface area contributed by atoms with E-state index in [1.165, 1.54) is 11.1 Å². The molecular weight excluding hydrogens is 498 g/mol. The molecule has 11 nitrogen and oxygen atoms in total. The van der Waals surface area contributed by atoms with Crippen molar-refractivity contribution in [3.63, 3.8) is 0 Å². The highest BCUT2D eigenvalue weighted by Gasteiger charge is 2.44. The molecule has 0 fully saturated rings. The maximum absolute atomic E-state index is 13.9. The van der Waals surface area contributed by atoms with E-state index < -0.39 is 24.0 Å². The number of anilines is 1. The van der Waals surface area contributed by atoms with E-state index in [0.29, 0.717) is 30.5 Å². The maximum atomic E-state index is 13.9. The minimum absolute atomic E-state index is 0.175. The van der Waals surface area contributed by atoms with Crippen molar-refractivity contribution in [1.29, 1.82) is 0 Å². The zero-order valence-electron chi connectivity index (χ0n) is 21.8. The van der Waals surface area contributed by atoms with Crippen molar-refractivity contribution in [1.82, 2.24) is 31.4 Å².